The highest BCUT2D eigenvalue weighted by Crippen LogP contribution is 2.14. The van der Waals surface area contributed by atoms with Gasteiger partial charge in [0.05, 0.1) is 12.9 Å². The molecule has 4 heteroatoms. The van der Waals surface area contributed by atoms with Crippen LogP contribution >= 0.6 is 0 Å². The highest BCUT2D eigenvalue weighted by atomic mass is 16.5. The van der Waals surface area contributed by atoms with Crippen LogP contribution < -0.4 is 4.74 Å². The summed E-state index contributed by atoms with van der Waals surface area (Å²) < 4.78 is 7.22. The Morgan fingerprint density at radius 2 is 2.06 bits per heavy atom. The van der Waals surface area contributed by atoms with E-state index in [1.807, 2.05) is 19.2 Å². The van der Waals surface area contributed by atoms with Crippen molar-refractivity contribution in [2.75, 3.05) is 6.61 Å². The first kappa shape index (κ1) is 12.4. The van der Waals surface area contributed by atoms with Gasteiger partial charge in [0.1, 0.15) is 11.4 Å². The Kier molecular flexibility index (Phi) is 3.77. The smallest absolute Gasteiger partial charge is 0.212 e. The first-order chi connectivity index (χ1) is 8.70. The van der Waals surface area contributed by atoms with E-state index in [1.165, 1.54) is 0 Å². The van der Waals surface area contributed by atoms with Gasteiger partial charge >= 0.3 is 0 Å². The fraction of sp³-hybridized carbons (Fsp3) is 0.286. The van der Waals surface area contributed by atoms with Crippen LogP contribution in [0.2, 0.25) is 0 Å². The van der Waals surface area contributed by atoms with Gasteiger partial charge in [-0.25, -0.2) is 4.98 Å². The van der Waals surface area contributed by atoms with E-state index in [1.54, 1.807) is 29.2 Å². The number of carbonyl (C=O) groups excluding carboxylic acids is 1. The third-order valence-electron chi connectivity index (χ3n) is 2.53. The van der Waals surface area contributed by atoms with Crippen LogP contribution in [0.5, 0.6) is 5.75 Å². The zero-order valence-electron chi connectivity index (χ0n) is 10.6. The maximum atomic E-state index is 12.1. The van der Waals surface area contributed by atoms with Gasteiger partial charge in [0.25, 0.3) is 0 Å². The van der Waals surface area contributed by atoms with Gasteiger partial charge in [-0.05, 0) is 30.7 Å². The maximum Gasteiger partial charge on any atom is 0.212 e. The Labute approximate surface area is 106 Å². The lowest BCUT2D eigenvalue weighted by molar-refractivity contribution is 0.103. The molecule has 0 amide bonds. The largest absolute Gasteiger partial charge is 0.494 e. The molecule has 0 fully saturated rings. The monoisotopic (exact) mass is 244 g/mol. The van der Waals surface area contributed by atoms with E-state index in [-0.39, 0.29) is 5.78 Å². The second-order valence-electron chi connectivity index (χ2n) is 4.13. The molecule has 2 rings (SSSR count). The van der Waals surface area contributed by atoms with Gasteiger partial charge in [-0.15, -0.1) is 0 Å². The summed E-state index contributed by atoms with van der Waals surface area (Å²) >= 11 is 0. The molecule has 0 aliphatic rings. The van der Waals surface area contributed by atoms with Crippen molar-refractivity contribution < 1.29 is 9.53 Å². The van der Waals surface area contributed by atoms with Gasteiger partial charge in [0.15, 0.2) is 0 Å². The van der Waals surface area contributed by atoms with Crippen LogP contribution in [0.1, 0.15) is 29.4 Å². The van der Waals surface area contributed by atoms with Crippen LogP contribution in [0, 0.1) is 0 Å². The van der Waals surface area contributed by atoms with Crippen LogP contribution in [0.15, 0.2) is 36.8 Å². The molecule has 0 unspecified atom stereocenters. The average molecular weight is 244 g/mol. The third-order valence-corrected chi connectivity index (χ3v) is 2.53. The number of carbonyl (C=O) groups is 1. The quantitative estimate of drug-likeness (QED) is 0.759. The van der Waals surface area contributed by atoms with E-state index in [0.717, 1.165) is 12.2 Å². The summed E-state index contributed by atoms with van der Waals surface area (Å²) in [5.74, 6) is 0.715. The number of nitrogens with zero attached hydrogens (tertiary/aromatic N) is 2. The molecule has 18 heavy (non-hydrogen) atoms. The fourth-order valence-electron chi connectivity index (χ4n) is 1.60. The molecule has 0 atom stereocenters. The van der Waals surface area contributed by atoms with E-state index in [4.69, 9.17) is 4.74 Å². The Hall–Kier alpha value is -2.10. The molecule has 0 spiro atoms. The van der Waals surface area contributed by atoms with Gasteiger partial charge in [0.2, 0.25) is 5.78 Å². The van der Waals surface area contributed by atoms with Gasteiger partial charge in [-0.2, -0.15) is 0 Å². The molecule has 4 nitrogen and oxygen atoms in total. The van der Waals surface area contributed by atoms with Crippen LogP contribution in [0.3, 0.4) is 0 Å². The Morgan fingerprint density at radius 1 is 1.33 bits per heavy atom. The average Bonchev–Trinajstić information content (AvgIpc) is 2.83. The summed E-state index contributed by atoms with van der Waals surface area (Å²) in [6, 6.07) is 7.15. The summed E-state index contributed by atoms with van der Waals surface area (Å²) in [6.07, 6.45) is 4.30. The molecule has 0 aliphatic carbocycles. The topological polar surface area (TPSA) is 44.1 Å². The lowest BCUT2D eigenvalue weighted by Crippen LogP contribution is -2.02. The lowest BCUT2D eigenvalue weighted by atomic mass is 10.1. The summed E-state index contributed by atoms with van der Waals surface area (Å²) in [4.78, 5) is 16.1. The standard InChI is InChI=1S/C14H16N2O2/c1-3-8-18-12-6-4-11(5-7-12)14(17)13-9-16(2)10-15-13/h4-7,9-10H,3,8H2,1-2H3. The molecule has 0 N–H and O–H groups in total. The minimum absolute atomic E-state index is 0.0716. The van der Waals surface area contributed by atoms with Crippen LogP contribution in [0.25, 0.3) is 0 Å². The summed E-state index contributed by atoms with van der Waals surface area (Å²) in [5, 5.41) is 0. The van der Waals surface area contributed by atoms with Gasteiger partial charge < -0.3 is 9.30 Å². The minimum atomic E-state index is -0.0716. The number of hydrogen-bond acceptors (Lipinski definition) is 3. The molecule has 1 heterocycles. The van der Waals surface area contributed by atoms with E-state index in [9.17, 15) is 4.79 Å². The molecule has 94 valence electrons. The molecular weight excluding hydrogens is 228 g/mol. The van der Waals surface area contributed by atoms with E-state index in [2.05, 4.69) is 11.9 Å². The number of aromatic nitrogens is 2. The molecule has 0 bridgehead atoms. The van der Waals surface area contributed by atoms with Crippen LogP contribution in [-0.4, -0.2) is 21.9 Å². The maximum absolute atomic E-state index is 12.1. The van der Waals surface area contributed by atoms with Crippen molar-refractivity contribution in [2.24, 2.45) is 7.05 Å². The molecular formula is C14H16N2O2. The lowest BCUT2D eigenvalue weighted by Gasteiger charge is -2.04. The summed E-state index contributed by atoms with van der Waals surface area (Å²) in [5.41, 5.74) is 1.08. The highest BCUT2D eigenvalue weighted by Gasteiger charge is 2.11. The SMILES string of the molecule is CCCOc1ccc(C(=O)c2cn(C)cn2)cc1. The fourth-order valence-corrected chi connectivity index (χ4v) is 1.60. The van der Waals surface area contributed by atoms with Crippen molar-refractivity contribution in [2.45, 2.75) is 13.3 Å². The molecule has 0 saturated carbocycles. The third kappa shape index (κ3) is 2.77. The predicted octanol–water partition coefficient (Wildman–Crippen LogP) is 2.44. The Morgan fingerprint density at radius 3 is 2.61 bits per heavy atom. The number of hydrogen-bond donors (Lipinski definition) is 0. The molecule has 0 radical (unpaired) electrons. The van der Waals surface area contributed by atoms with Crippen LogP contribution in [0.4, 0.5) is 0 Å². The van der Waals surface area contributed by atoms with Crippen molar-refractivity contribution in [3.63, 3.8) is 0 Å². The molecule has 1 aromatic heterocycles. The molecule has 2 aromatic rings. The predicted molar refractivity (Wildman–Crippen MR) is 68.9 cm³/mol. The zero-order valence-corrected chi connectivity index (χ0v) is 10.6. The van der Waals surface area contributed by atoms with E-state index < -0.39 is 0 Å². The van der Waals surface area contributed by atoms with Crippen LogP contribution in [-0.2, 0) is 7.05 Å². The number of ketones is 1. The first-order valence-electron chi connectivity index (χ1n) is 5.96. The molecule has 0 saturated heterocycles. The second-order valence-corrected chi connectivity index (χ2v) is 4.13. The summed E-state index contributed by atoms with van der Waals surface area (Å²) in [7, 11) is 1.84. The normalized spacial score (nSPS) is 10.3. The van der Waals surface area contributed by atoms with Crippen molar-refractivity contribution in [3.8, 4) is 5.75 Å². The minimum Gasteiger partial charge on any atom is -0.494 e. The number of imidazole rings is 1. The van der Waals surface area contributed by atoms with Crippen molar-refractivity contribution in [1.29, 1.82) is 0 Å². The summed E-state index contributed by atoms with van der Waals surface area (Å²) in [6.45, 7) is 2.74. The number of rotatable bonds is 5. The molecule has 1 aromatic carbocycles. The van der Waals surface area contributed by atoms with E-state index >= 15 is 0 Å². The highest BCUT2D eigenvalue weighted by molar-refractivity contribution is 6.07. The number of benzene rings is 1. The van der Waals surface area contributed by atoms with Gasteiger partial charge in [-0.3, -0.25) is 4.79 Å². The number of ether oxygens (including phenoxy) is 1. The van der Waals surface area contributed by atoms with Gasteiger partial charge in [0, 0.05) is 18.8 Å². The molecule has 0 aliphatic heterocycles. The second kappa shape index (κ2) is 5.49. The number of aryl methyl sites for hydroxylation is 1. The van der Waals surface area contributed by atoms with Crippen molar-refractivity contribution in [1.82, 2.24) is 9.55 Å². The van der Waals surface area contributed by atoms with E-state index in [0.29, 0.717) is 17.9 Å². The van der Waals surface area contributed by atoms with Crippen molar-refractivity contribution >= 4 is 5.78 Å². The van der Waals surface area contributed by atoms with Gasteiger partial charge in [-0.1, -0.05) is 6.92 Å². The Balaban J connectivity index is 2.12. The Bertz CT molecular complexity index is 529. The first-order valence-corrected chi connectivity index (χ1v) is 5.96. The van der Waals surface area contributed by atoms with Crippen molar-refractivity contribution in [3.05, 3.63) is 48.0 Å². The zero-order chi connectivity index (χ0) is 13.0.